The van der Waals surface area contributed by atoms with Crippen molar-refractivity contribution in [2.24, 2.45) is 5.16 Å². The molecule has 0 radical (unpaired) electrons. The van der Waals surface area contributed by atoms with Crippen LogP contribution in [-0.4, -0.2) is 17.7 Å². The molecule has 2 aromatic carbocycles. The van der Waals surface area contributed by atoms with Crippen LogP contribution >= 0.6 is 0 Å². The minimum atomic E-state index is -0.774. The van der Waals surface area contributed by atoms with E-state index in [9.17, 15) is 9.18 Å². The average molecular weight is 314 g/mol. The molecule has 0 spiro atoms. The zero-order valence-electron chi connectivity index (χ0n) is 12.2. The molecule has 23 heavy (non-hydrogen) atoms. The second-order valence-electron chi connectivity index (χ2n) is 5.09. The summed E-state index contributed by atoms with van der Waals surface area (Å²) in [5.41, 5.74) is 4.42. The van der Waals surface area contributed by atoms with Crippen molar-refractivity contribution < 1.29 is 18.9 Å². The van der Waals surface area contributed by atoms with Crippen LogP contribution in [0, 0.1) is 5.82 Å². The van der Waals surface area contributed by atoms with Gasteiger partial charge >= 0.3 is 0 Å². The normalized spacial score (nSPS) is 16.6. The van der Waals surface area contributed by atoms with E-state index in [2.05, 4.69) is 10.6 Å². The van der Waals surface area contributed by atoms with Gasteiger partial charge < -0.3 is 4.84 Å². The van der Waals surface area contributed by atoms with E-state index < -0.39 is 12.0 Å². The number of hydrogen-bond donors (Lipinski definition) is 1. The summed E-state index contributed by atoms with van der Waals surface area (Å²) in [6.45, 7) is 0.261. The summed E-state index contributed by atoms with van der Waals surface area (Å²) in [6.07, 6.45) is -0.506. The number of nitrogens with zero attached hydrogens (tertiary/aromatic N) is 1. The summed E-state index contributed by atoms with van der Waals surface area (Å²) >= 11 is 0. The molecule has 0 unspecified atom stereocenters. The third kappa shape index (κ3) is 3.92. The lowest BCUT2D eigenvalue weighted by Crippen LogP contribution is -2.34. The number of nitrogens with one attached hydrogen (secondary N) is 1. The van der Waals surface area contributed by atoms with Gasteiger partial charge in [-0.05, 0) is 17.7 Å². The van der Waals surface area contributed by atoms with Crippen molar-refractivity contribution >= 4 is 11.6 Å². The van der Waals surface area contributed by atoms with E-state index in [1.165, 1.54) is 12.1 Å². The summed E-state index contributed by atoms with van der Waals surface area (Å²) in [5.74, 6) is -0.777. The highest BCUT2D eigenvalue weighted by atomic mass is 19.1. The van der Waals surface area contributed by atoms with Crippen molar-refractivity contribution in [3.05, 3.63) is 71.5 Å². The van der Waals surface area contributed by atoms with Crippen molar-refractivity contribution in [1.82, 2.24) is 5.48 Å². The Bertz CT molecular complexity index is 719. The molecule has 1 aliphatic heterocycles. The van der Waals surface area contributed by atoms with Crippen molar-refractivity contribution in [2.45, 2.75) is 19.1 Å². The molecule has 0 saturated carbocycles. The minimum Gasteiger partial charge on any atom is -0.382 e. The largest absolute Gasteiger partial charge is 0.382 e. The molecule has 3 rings (SSSR count). The van der Waals surface area contributed by atoms with Crippen LogP contribution in [0.4, 0.5) is 4.39 Å². The Morgan fingerprint density at radius 2 is 2.09 bits per heavy atom. The van der Waals surface area contributed by atoms with E-state index in [1.807, 2.05) is 30.3 Å². The maximum Gasteiger partial charge on any atom is 0.287 e. The van der Waals surface area contributed by atoms with Crippen LogP contribution in [-0.2, 0) is 21.1 Å². The lowest BCUT2D eigenvalue weighted by atomic mass is 10.0. The summed E-state index contributed by atoms with van der Waals surface area (Å²) < 4.78 is 13.2. The van der Waals surface area contributed by atoms with Crippen molar-refractivity contribution in [3.8, 4) is 0 Å². The van der Waals surface area contributed by atoms with Crippen LogP contribution in [0.3, 0.4) is 0 Å². The first-order chi connectivity index (χ1) is 11.2. The van der Waals surface area contributed by atoms with Crippen LogP contribution in [0.15, 0.2) is 59.8 Å². The van der Waals surface area contributed by atoms with Gasteiger partial charge in [-0.1, -0.05) is 47.6 Å². The average Bonchev–Trinajstić information content (AvgIpc) is 3.06. The predicted octanol–water partition coefficient (Wildman–Crippen LogP) is 2.57. The molecule has 1 heterocycles. The minimum absolute atomic E-state index is 0.261. The number of oxime groups is 1. The quantitative estimate of drug-likeness (QED) is 0.863. The van der Waals surface area contributed by atoms with Gasteiger partial charge in [0.2, 0.25) is 6.10 Å². The Balaban J connectivity index is 1.49. The lowest BCUT2D eigenvalue weighted by Gasteiger charge is -2.09. The first-order valence-electron chi connectivity index (χ1n) is 7.16. The summed E-state index contributed by atoms with van der Waals surface area (Å²) in [7, 11) is 0. The van der Waals surface area contributed by atoms with Crippen LogP contribution in [0.1, 0.15) is 17.5 Å². The maximum atomic E-state index is 13.2. The number of rotatable bonds is 5. The lowest BCUT2D eigenvalue weighted by molar-refractivity contribution is -0.145. The molecule has 1 N–H and O–H groups in total. The van der Waals surface area contributed by atoms with Gasteiger partial charge in [0.1, 0.15) is 5.82 Å². The molecule has 0 aliphatic carbocycles. The Labute approximate surface area is 132 Å². The van der Waals surface area contributed by atoms with Gasteiger partial charge in [-0.15, -0.1) is 0 Å². The third-order valence-electron chi connectivity index (χ3n) is 3.37. The molecule has 1 amide bonds. The molecule has 5 nitrogen and oxygen atoms in total. The highest BCUT2D eigenvalue weighted by Crippen LogP contribution is 2.17. The monoisotopic (exact) mass is 314 g/mol. The van der Waals surface area contributed by atoms with Gasteiger partial charge in [-0.2, -0.15) is 0 Å². The van der Waals surface area contributed by atoms with Gasteiger partial charge in [0, 0.05) is 12.0 Å². The zero-order chi connectivity index (χ0) is 16.1. The van der Waals surface area contributed by atoms with Gasteiger partial charge in [0.15, 0.2) is 0 Å². The number of amides is 1. The highest BCUT2D eigenvalue weighted by Gasteiger charge is 2.29. The molecule has 1 aliphatic rings. The van der Waals surface area contributed by atoms with E-state index in [0.717, 1.165) is 5.56 Å². The van der Waals surface area contributed by atoms with Crippen LogP contribution < -0.4 is 5.48 Å². The number of benzene rings is 2. The number of halogens is 1. The van der Waals surface area contributed by atoms with Crippen LogP contribution in [0.25, 0.3) is 0 Å². The maximum absolute atomic E-state index is 13.2. The number of carbonyl (C=O) groups is 1. The van der Waals surface area contributed by atoms with Gasteiger partial charge in [0.05, 0.1) is 12.3 Å². The van der Waals surface area contributed by atoms with Crippen molar-refractivity contribution in [2.75, 3.05) is 0 Å². The predicted molar refractivity (Wildman–Crippen MR) is 81.8 cm³/mol. The summed E-state index contributed by atoms with van der Waals surface area (Å²) in [6, 6.07) is 15.5. The smallest absolute Gasteiger partial charge is 0.287 e. The number of hydrogen-bond acceptors (Lipinski definition) is 4. The Morgan fingerprint density at radius 3 is 2.87 bits per heavy atom. The van der Waals surface area contributed by atoms with E-state index in [-0.39, 0.29) is 18.8 Å². The van der Waals surface area contributed by atoms with Crippen molar-refractivity contribution in [3.63, 3.8) is 0 Å². The van der Waals surface area contributed by atoms with Gasteiger partial charge in [-0.3, -0.25) is 9.63 Å². The Kier molecular flexibility index (Phi) is 4.63. The van der Waals surface area contributed by atoms with E-state index >= 15 is 0 Å². The molecule has 0 bridgehead atoms. The third-order valence-corrected chi connectivity index (χ3v) is 3.37. The van der Waals surface area contributed by atoms with E-state index in [0.29, 0.717) is 11.3 Å². The van der Waals surface area contributed by atoms with E-state index in [1.54, 1.807) is 12.1 Å². The number of hydroxylamine groups is 1. The summed E-state index contributed by atoms with van der Waals surface area (Å²) in [4.78, 5) is 22.2. The van der Waals surface area contributed by atoms with Crippen LogP contribution in [0.5, 0.6) is 0 Å². The summed E-state index contributed by atoms with van der Waals surface area (Å²) in [5, 5.41) is 3.85. The molecule has 0 aromatic heterocycles. The first kappa shape index (κ1) is 15.2. The molecule has 0 fully saturated rings. The molecule has 6 heteroatoms. The number of carbonyl (C=O) groups excluding carboxylic acids is 1. The fraction of sp³-hybridized carbons (Fsp3) is 0.176. The van der Waals surface area contributed by atoms with E-state index in [4.69, 9.17) is 9.68 Å². The van der Waals surface area contributed by atoms with Gasteiger partial charge in [0.25, 0.3) is 5.91 Å². The molecule has 0 saturated heterocycles. The molecular weight excluding hydrogens is 299 g/mol. The highest BCUT2D eigenvalue weighted by molar-refractivity contribution is 6.03. The molecule has 2 aromatic rings. The topological polar surface area (TPSA) is 59.9 Å². The van der Waals surface area contributed by atoms with Crippen LogP contribution in [0.2, 0.25) is 0 Å². The first-order valence-corrected chi connectivity index (χ1v) is 7.16. The Morgan fingerprint density at radius 1 is 1.26 bits per heavy atom. The second-order valence-corrected chi connectivity index (χ2v) is 5.09. The van der Waals surface area contributed by atoms with Crippen molar-refractivity contribution in [1.29, 1.82) is 0 Å². The van der Waals surface area contributed by atoms with Gasteiger partial charge in [-0.25, -0.2) is 9.87 Å². The molecule has 118 valence electrons. The standard InChI is InChI=1S/C17H15FN2O3/c18-14-8-4-7-13(9-14)15-10-16(23-19-15)17(21)20-22-11-12-5-2-1-3-6-12/h1-9,16H,10-11H2,(H,20,21)/t16-/m1/s1. The molecule has 1 atom stereocenters. The Hall–Kier alpha value is -2.73. The zero-order valence-corrected chi connectivity index (χ0v) is 12.2. The second kappa shape index (κ2) is 7.02. The molecular formula is C17H15FN2O3. The fourth-order valence-corrected chi connectivity index (χ4v) is 2.19. The fourth-order valence-electron chi connectivity index (χ4n) is 2.19. The SMILES string of the molecule is O=C(NOCc1ccccc1)[C@H]1CC(c2cccc(F)c2)=NO1.